The van der Waals surface area contributed by atoms with Gasteiger partial charge in [0, 0.05) is 54.9 Å². The first-order chi connectivity index (χ1) is 57.3. The third kappa shape index (κ3) is 102. The highest BCUT2D eigenvalue weighted by atomic mass is 32.2. The molecule has 0 atom stereocenters. The maximum absolute atomic E-state index is 12.1. The van der Waals surface area contributed by atoms with Crippen molar-refractivity contribution in [1.82, 2.24) is 20.9 Å². The summed E-state index contributed by atoms with van der Waals surface area (Å²) in [5.74, 6) is 0.113. The molecule has 0 spiro atoms. The second kappa shape index (κ2) is 56.8. The number of hydrogen-bond donors (Lipinski definition) is 3. The molecule has 0 fully saturated rings. The number of ether oxygens (including phenoxy) is 1. The number of nitrogens with one attached hydrogen (secondary N) is 3. The molecule has 2 amide bonds. The van der Waals surface area contributed by atoms with Crippen molar-refractivity contribution in [2.24, 2.45) is 109 Å². The van der Waals surface area contributed by atoms with Crippen LogP contribution in [0.3, 0.4) is 0 Å². The van der Waals surface area contributed by atoms with E-state index in [-0.39, 0.29) is 55.4 Å². The summed E-state index contributed by atoms with van der Waals surface area (Å²) in [7, 11) is -1.51. The average Bonchev–Trinajstić information content (AvgIpc) is 0.788. The number of carbonyl (C=O) groups excluding carboxylic acids is 4. The van der Waals surface area contributed by atoms with Crippen molar-refractivity contribution in [2.75, 3.05) is 7.05 Å². The van der Waals surface area contributed by atoms with Crippen LogP contribution in [0.4, 0.5) is 18.0 Å². The van der Waals surface area contributed by atoms with Crippen molar-refractivity contribution in [3.8, 4) is 0 Å². The monoisotopic (exact) mass is 1980 g/mol. The largest absolute Gasteiger partial charge is 0.443 e. The van der Waals surface area contributed by atoms with Crippen LogP contribution in [0.15, 0.2) is 0 Å². The molecule has 0 aromatic carbocycles. The maximum atomic E-state index is 12.1. The van der Waals surface area contributed by atoms with E-state index in [9.17, 15) is 40.8 Å². The Morgan fingerprint density at radius 1 is 0.307 bits per heavy atom. The van der Waals surface area contributed by atoms with E-state index in [4.69, 9.17) is 4.74 Å². The Bertz CT molecular complexity index is 3210. The van der Waals surface area contributed by atoms with Gasteiger partial charge in [0.15, 0.2) is 0 Å². The topological polar surface area (TPSA) is 151 Å². The number of amides is 2. The molecular weight excluding hydrogens is 1720 g/mol. The first kappa shape index (κ1) is 160. The fourth-order valence-electron chi connectivity index (χ4n) is 12.9. The van der Waals surface area contributed by atoms with E-state index in [1.807, 2.05) is 69.2 Å². The van der Waals surface area contributed by atoms with Crippen LogP contribution in [-0.2, 0) is 29.0 Å². The lowest BCUT2D eigenvalue weighted by molar-refractivity contribution is -0.154. The lowest BCUT2D eigenvalue weighted by Crippen LogP contribution is -2.49. The lowest BCUT2D eigenvalue weighted by atomic mass is 9.61. The molecule has 0 aliphatic carbocycles. The Balaban J connectivity index is -0.000000125. The summed E-state index contributed by atoms with van der Waals surface area (Å²) in [5, 5.41) is 7.77. The Hall–Kier alpha value is -2.26. The number of nitrogens with zero attached hydrogens (tertiary/aromatic N) is 1. The summed E-state index contributed by atoms with van der Waals surface area (Å²) in [4.78, 5) is 48.3. The fourth-order valence-corrected chi connectivity index (χ4v) is 14.3. The van der Waals surface area contributed by atoms with Crippen molar-refractivity contribution in [3.63, 3.8) is 0 Å². The minimum absolute atomic E-state index is 0.0252. The molecule has 0 saturated carbocycles. The smallest absolute Gasteiger partial charge is 0.408 e. The van der Waals surface area contributed by atoms with Crippen LogP contribution in [0.1, 0.15) is 604 Å². The third-order valence-electron chi connectivity index (χ3n) is 24.7. The Kier molecular flexibility index (Phi) is 66.3. The van der Waals surface area contributed by atoms with Gasteiger partial charge in [0.2, 0.25) is 15.7 Å². The number of halogens is 3. The minimum atomic E-state index is -4.42. The van der Waals surface area contributed by atoms with Gasteiger partial charge in [0.25, 0.3) is 5.12 Å². The highest BCUT2D eigenvalue weighted by Crippen LogP contribution is 2.48. The predicted octanol–water partition coefficient (Wildman–Crippen LogP) is 40.0. The summed E-state index contributed by atoms with van der Waals surface area (Å²) >= 11 is 0. The van der Waals surface area contributed by atoms with Crippen molar-refractivity contribution >= 4 is 32.7 Å². The summed E-state index contributed by atoms with van der Waals surface area (Å²) in [6, 6.07) is 0. The number of alkyl carbamates (subject to hydrolysis) is 1. The van der Waals surface area contributed by atoms with Gasteiger partial charge in [-0.1, -0.05) is 387 Å². The van der Waals surface area contributed by atoms with Gasteiger partial charge in [0.05, 0.1) is 4.75 Å². The van der Waals surface area contributed by atoms with Gasteiger partial charge < -0.3 is 20.7 Å². The van der Waals surface area contributed by atoms with E-state index < -0.39 is 54.8 Å². The SMILES string of the molecule is CC(C(C)(C)C)C(C)(C)C.CC(C)(C)C(=O)C(C)(C)C(C)(C)C.CC(C)(C)C(=O)S(=O)(=O)C(C)(C)C.CC(C)(C)CC(C)(C)C.CC(C)(C)CC(C)(C)C(C)(C)C.CC(C)(C)CCC(C)(C)C.CC(C)(C)CCC(C)(C)C(C)(C)C.CC(C)(C)CCCC(C)(C)C.CC(C)(C)NC(=O)CC(F)(F)F.CC(C)(C)NC(=O)OC(C)(C)C(C)(C)C.CC(C)(C)NC(C)(C)C.CN(C(C)(C)C)C(C)(C)C. The van der Waals surface area contributed by atoms with E-state index in [0.717, 1.165) is 5.92 Å². The van der Waals surface area contributed by atoms with Crippen molar-refractivity contribution in [3.05, 3.63) is 0 Å². The standard InChI is InChI=1S/C13H28.C12H25NO2.C12H24O.C12H26.C11H24.2C10H22.C9H21N.C9H18O3S.C9H20.C8H19N.C7H12F3NO/c1-11(2,3)9-10-13(7,8)12(4,5)6;1-10(2,3)12(7,8)15-9(14)13-11(4,5)6;1-10(2,3)9(13)12(7,8)11(4,5)6;1-10(2,3)9-12(7,8)11(4,5)6;1-10(2,3)8-7-9-11(4,5)6;1-9(2,3)7-8-10(4,5)6;1-8(9(2,3)4)10(5,6)7;1-8(2,3)10(7)9(4,5)6;1-8(2,3)7(10)13(11,12)9(4,5)6;1-8(2,3)7-9(4,5)6;1-7(2,3)9-8(4,5)6;1-6(2,3)11-5(12)4-7(8,9)10/h9-10H2,1-8H3;1-8H3,(H,13,14);1-8H3;9H2,1-8H3;7-9H2,1-6H3;7-8H2,1-6H3;8H,1-7H3;1-7H3;1-6H3;7H2,1-6H3;9H,1-6H3;4H2,1-3H3,(H,11,12). The minimum Gasteiger partial charge on any atom is -0.443 e. The number of sulfone groups is 1. The summed E-state index contributed by atoms with van der Waals surface area (Å²) in [6.45, 7) is 168. The molecule has 0 unspecified atom stereocenters. The first-order valence-corrected chi connectivity index (χ1v) is 54.1. The van der Waals surface area contributed by atoms with Gasteiger partial charge in [-0.15, -0.1) is 0 Å². The second-order valence-electron chi connectivity index (χ2n) is 67.7. The molecule has 0 aliphatic heterocycles. The van der Waals surface area contributed by atoms with E-state index in [1.54, 1.807) is 41.5 Å². The Morgan fingerprint density at radius 3 is 0.679 bits per heavy atom. The number of hydrogen-bond acceptors (Lipinski definition) is 9. The van der Waals surface area contributed by atoms with E-state index in [2.05, 4.69) is 436 Å². The molecule has 137 heavy (non-hydrogen) atoms. The molecule has 838 valence electrons. The number of Topliss-reactive ketones (excluding diaryl/α,β-unsaturated/α-hetero) is 1. The van der Waals surface area contributed by atoms with Gasteiger partial charge in [-0.05, 0) is 305 Å². The quantitative estimate of drug-likeness (QED) is 0.205. The van der Waals surface area contributed by atoms with Gasteiger partial charge in [0.1, 0.15) is 17.8 Å². The Morgan fingerprint density at radius 2 is 0.562 bits per heavy atom. The third-order valence-corrected chi connectivity index (χ3v) is 27.4. The van der Waals surface area contributed by atoms with Gasteiger partial charge in [-0.2, -0.15) is 13.2 Å². The summed E-state index contributed by atoms with van der Waals surface area (Å²) in [5.41, 5.74) is 4.80. The molecule has 0 saturated heterocycles. The van der Waals surface area contributed by atoms with E-state index >= 15 is 0 Å². The molecular formula is C122H261F3N4O7S. The van der Waals surface area contributed by atoms with Crippen LogP contribution in [0, 0.1) is 109 Å². The number of rotatable bonds is 9. The van der Waals surface area contributed by atoms with Gasteiger partial charge >= 0.3 is 12.3 Å². The summed E-state index contributed by atoms with van der Waals surface area (Å²) in [6.07, 6.45) is 5.75. The Labute approximate surface area is 863 Å². The predicted molar refractivity (Wildman–Crippen MR) is 614 cm³/mol. The van der Waals surface area contributed by atoms with Crippen LogP contribution < -0.4 is 16.0 Å². The second-order valence-corrected chi connectivity index (χ2v) is 70.3. The molecule has 3 N–H and O–H groups in total. The number of carbonyl (C=O) groups is 4. The number of ketones is 1. The average molecular weight is 1990 g/mol. The first-order valence-electron chi connectivity index (χ1n) is 52.6. The van der Waals surface area contributed by atoms with Crippen molar-refractivity contribution in [1.29, 1.82) is 0 Å². The normalized spacial score (nSPS) is 14.1. The zero-order valence-electron chi connectivity index (χ0n) is 109. The highest BCUT2D eigenvalue weighted by Gasteiger charge is 2.46. The van der Waals surface area contributed by atoms with Crippen LogP contribution in [0.5, 0.6) is 0 Å². The zero-order chi connectivity index (χ0) is 116. The highest BCUT2D eigenvalue weighted by molar-refractivity contribution is 8.07. The lowest BCUT2D eigenvalue weighted by Gasteiger charge is -2.43. The summed E-state index contributed by atoms with van der Waals surface area (Å²) < 4.78 is 62.6. The molecule has 0 bridgehead atoms. The fraction of sp³-hybridized carbons (Fsp3) is 0.967. The van der Waals surface area contributed by atoms with E-state index in [0.29, 0.717) is 81.6 Å². The molecule has 0 radical (unpaired) electrons. The van der Waals surface area contributed by atoms with Crippen LogP contribution in [-0.4, -0.2) is 93.0 Å². The van der Waals surface area contributed by atoms with Crippen LogP contribution >= 0.6 is 0 Å². The van der Waals surface area contributed by atoms with E-state index in [1.165, 1.54) is 78.6 Å². The molecule has 0 aliphatic rings. The van der Waals surface area contributed by atoms with Gasteiger partial charge in [-0.25, -0.2) is 13.2 Å². The molecule has 15 heteroatoms. The molecule has 0 aromatic heterocycles. The molecule has 0 heterocycles. The van der Waals surface area contributed by atoms with Crippen molar-refractivity contribution in [2.45, 2.75) is 654 Å². The number of alkyl halides is 3. The zero-order valence-corrected chi connectivity index (χ0v) is 110. The molecule has 0 aromatic rings. The van der Waals surface area contributed by atoms with Crippen molar-refractivity contribution < 1.29 is 45.5 Å². The molecule has 0 rings (SSSR count). The van der Waals surface area contributed by atoms with Gasteiger partial charge in [-0.3, -0.25) is 19.3 Å². The van der Waals surface area contributed by atoms with Crippen LogP contribution in [0.2, 0.25) is 0 Å². The molecule has 11 nitrogen and oxygen atoms in total. The maximum Gasteiger partial charge on any atom is 0.408 e. The van der Waals surface area contributed by atoms with Crippen LogP contribution in [0.25, 0.3) is 0 Å².